The SMILES string of the molecule is CCNC(=NCc1nc(C)no1)NCC(O)c1cc2ccccc2s1.I. The number of hydrogen-bond acceptors (Lipinski definition) is 6. The maximum Gasteiger partial charge on any atom is 0.248 e. The summed E-state index contributed by atoms with van der Waals surface area (Å²) in [5.74, 6) is 1.64. The number of nitrogens with one attached hydrogen (secondary N) is 2. The molecule has 0 aliphatic carbocycles. The van der Waals surface area contributed by atoms with Crippen molar-refractivity contribution in [3.05, 3.63) is 46.9 Å². The molecule has 3 rings (SSSR count). The summed E-state index contributed by atoms with van der Waals surface area (Å²) in [6, 6.07) is 10.1. The summed E-state index contributed by atoms with van der Waals surface area (Å²) in [6.45, 7) is 5.11. The maximum atomic E-state index is 10.5. The fourth-order valence-electron chi connectivity index (χ4n) is 2.35. The Morgan fingerprint density at radius 1 is 1.35 bits per heavy atom. The molecule has 0 aliphatic heterocycles. The largest absolute Gasteiger partial charge is 0.386 e. The molecule has 0 bridgehead atoms. The number of aliphatic hydroxyl groups excluding tert-OH is 1. The Balaban J connectivity index is 0.00000243. The fourth-order valence-corrected chi connectivity index (χ4v) is 3.40. The van der Waals surface area contributed by atoms with Gasteiger partial charge in [0.05, 0.1) is 0 Å². The second-order valence-corrected chi connectivity index (χ2v) is 6.63. The molecule has 2 heterocycles. The zero-order valence-corrected chi connectivity index (χ0v) is 17.7. The van der Waals surface area contributed by atoms with Crippen LogP contribution in [0.25, 0.3) is 10.1 Å². The third kappa shape index (κ3) is 5.39. The van der Waals surface area contributed by atoms with Crippen molar-refractivity contribution in [2.24, 2.45) is 4.99 Å². The van der Waals surface area contributed by atoms with Gasteiger partial charge in [-0.25, -0.2) is 4.99 Å². The highest BCUT2D eigenvalue weighted by Gasteiger charge is 2.12. The van der Waals surface area contributed by atoms with Gasteiger partial charge in [0.25, 0.3) is 0 Å². The Kier molecular flexibility index (Phi) is 7.79. The molecule has 0 aliphatic rings. The van der Waals surface area contributed by atoms with Gasteiger partial charge in [-0.05, 0) is 31.4 Å². The van der Waals surface area contributed by atoms with E-state index in [2.05, 4.69) is 31.8 Å². The molecule has 0 spiro atoms. The van der Waals surface area contributed by atoms with Crippen LogP contribution in [0, 0.1) is 6.92 Å². The van der Waals surface area contributed by atoms with Crippen LogP contribution in [0.1, 0.15) is 29.6 Å². The smallest absolute Gasteiger partial charge is 0.248 e. The normalized spacial score (nSPS) is 12.7. The van der Waals surface area contributed by atoms with Gasteiger partial charge in [0.2, 0.25) is 5.89 Å². The third-order valence-corrected chi connectivity index (χ3v) is 4.74. The second kappa shape index (κ2) is 9.83. The van der Waals surface area contributed by atoms with Crippen molar-refractivity contribution < 1.29 is 9.63 Å². The lowest BCUT2D eigenvalue weighted by Gasteiger charge is -2.14. The van der Waals surface area contributed by atoms with Crippen LogP contribution in [0.5, 0.6) is 0 Å². The second-order valence-electron chi connectivity index (χ2n) is 5.51. The van der Waals surface area contributed by atoms with Crippen molar-refractivity contribution in [3.8, 4) is 0 Å². The Morgan fingerprint density at radius 3 is 2.85 bits per heavy atom. The van der Waals surface area contributed by atoms with Gasteiger partial charge in [0, 0.05) is 22.7 Å². The highest BCUT2D eigenvalue weighted by molar-refractivity contribution is 14.0. The number of aryl methyl sites for hydroxylation is 1. The first-order valence-electron chi connectivity index (χ1n) is 8.13. The number of aliphatic hydroxyl groups is 1. The lowest BCUT2D eigenvalue weighted by Crippen LogP contribution is -2.39. The van der Waals surface area contributed by atoms with E-state index in [1.165, 1.54) is 4.70 Å². The van der Waals surface area contributed by atoms with E-state index in [1.54, 1.807) is 18.3 Å². The minimum absolute atomic E-state index is 0. The van der Waals surface area contributed by atoms with Crippen molar-refractivity contribution in [1.82, 2.24) is 20.8 Å². The molecule has 2 aromatic heterocycles. The minimum Gasteiger partial charge on any atom is -0.386 e. The van der Waals surface area contributed by atoms with E-state index in [0.29, 0.717) is 30.8 Å². The van der Waals surface area contributed by atoms with E-state index >= 15 is 0 Å². The van der Waals surface area contributed by atoms with Crippen LogP contribution >= 0.6 is 35.3 Å². The number of fused-ring (bicyclic) bond motifs is 1. The molecule has 3 N–H and O–H groups in total. The fraction of sp³-hybridized carbons (Fsp3) is 0.353. The van der Waals surface area contributed by atoms with Crippen molar-refractivity contribution >= 4 is 51.4 Å². The zero-order valence-electron chi connectivity index (χ0n) is 14.6. The average Bonchev–Trinajstić information content (AvgIpc) is 3.23. The summed E-state index contributed by atoms with van der Waals surface area (Å²) in [4.78, 5) is 9.45. The molecule has 1 unspecified atom stereocenters. The number of nitrogens with zero attached hydrogens (tertiary/aromatic N) is 3. The maximum absolute atomic E-state index is 10.5. The summed E-state index contributed by atoms with van der Waals surface area (Å²) in [6.07, 6.45) is -0.605. The Hall–Kier alpha value is -1.72. The van der Waals surface area contributed by atoms with Crippen molar-refractivity contribution in [2.45, 2.75) is 26.5 Å². The van der Waals surface area contributed by atoms with E-state index in [-0.39, 0.29) is 30.5 Å². The van der Waals surface area contributed by atoms with Crippen LogP contribution < -0.4 is 10.6 Å². The van der Waals surface area contributed by atoms with Gasteiger partial charge < -0.3 is 20.3 Å². The molecule has 3 aromatic rings. The van der Waals surface area contributed by atoms with Crippen LogP contribution in [0.3, 0.4) is 0 Å². The molecule has 0 amide bonds. The highest BCUT2D eigenvalue weighted by Crippen LogP contribution is 2.29. The number of rotatable bonds is 6. The van der Waals surface area contributed by atoms with Gasteiger partial charge in [-0.15, -0.1) is 35.3 Å². The van der Waals surface area contributed by atoms with Gasteiger partial charge in [0.1, 0.15) is 12.6 Å². The molecule has 9 heteroatoms. The predicted molar refractivity (Wildman–Crippen MR) is 114 cm³/mol. The van der Waals surface area contributed by atoms with Crippen molar-refractivity contribution in [3.63, 3.8) is 0 Å². The average molecular weight is 487 g/mol. The Morgan fingerprint density at radius 2 is 2.15 bits per heavy atom. The van der Waals surface area contributed by atoms with Crippen LogP contribution in [0.2, 0.25) is 0 Å². The summed E-state index contributed by atoms with van der Waals surface area (Å²) in [7, 11) is 0. The number of guanidine groups is 1. The number of thiophene rings is 1. The summed E-state index contributed by atoms with van der Waals surface area (Å²) < 4.78 is 6.22. The van der Waals surface area contributed by atoms with E-state index in [0.717, 1.165) is 10.3 Å². The van der Waals surface area contributed by atoms with Crippen molar-refractivity contribution in [1.29, 1.82) is 0 Å². The lowest BCUT2D eigenvalue weighted by atomic mass is 10.2. The van der Waals surface area contributed by atoms with E-state index in [9.17, 15) is 5.11 Å². The number of aliphatic imine (C=N–C) groups is 1. The summed E-state index contributed by atoms with van der Waals surface area (Å²) in [5.41, 5.74) is 0. The first-order valence-corrected chi connectivity index (χ1v) is 8.95. The van der Waals surface area contributed by atoms with E-state index in [1.807, 2.05) is 31.2 Å². The lowest BCUT2D eigenvalue weighted by molar-refractivity contribution is 0.184. The van der Waals surface area contributed by atoms with Gasteiger partial charge in [0.15, 0.2) is 11.8 Å². The first kappa shape index (κ1) is 20.6. The molecule has 0 saturated heterocycles. The van der Waals surface area contributed by atoms with Gasteiger partial charge in [-0.3, -0.25) is 0 Å². The molecule has 26 heavy (non-hydrogen) atoms. The van der Waals surface area contributed by atoms with Crippen LogP contribution in [0.15, 0.2) is 39.8 Å². The third-order valence-electron chi connectivity index (χ3n) is 3.52. The van der Waals surface area contributed by atoms with Gasteiger partial charge in [-0.1, -0.05) is 23.4 Å². The van der Waals surface area contributed by atoms with Crippen LogP contribution in [-0.4, -0.2) is 34.3 Å². The zero-order chi connectivity index (χ0) is 17.6. The quantitative estimate of drug-likeness (QED) is 0.281. The number of hydrogen-bond donors (Lipinski definition) is 3. The Labute approximate surface area is 172 Å². The molecule has 7 nitrogen and oxygen atoms in total. The highest BCUT2D eigenvalue weighted by atomic mass is 127. The van der Waals surface area contributed by atoms with E-state index in [4.69, 9.17) is 4.52 Å². The molecular weight excluding hydrogens is 465 g/mol. The number of aromatic nitrogens is 2. The van der Waals surface area contributed by atoms with Crippen LogP contribution in [0.4, 0.5) is 0 Å². The van der Waals surface area contributed by atoms with Crippen molar-refractivity contribution in [2.75, 3.05) is 13.1 Å². The number of halogens is 1. The first-order chi connectivity index (χ1) is 12.2. The van der Waals surface area contributed by atoms with Gasteiger partial charge >= 0.3 is 0 Å². The monoisotopic (exact) mass is 487 g/mol. The molecule has 1 aromatic carbocycles. The molecule has 0 radical (unpaired) electrons. The topological polar surface area (TPSA) is 95.6 Å². The molecule has 0 fully saturated rings. The Bertz CT molecular complexity index is 831. The molecule has 1 atom stereocenters. The number of benzene rings is 1. The standard InChI is InChI=1S/C17H21N5O2S.HI/c1-3-18-17(20-10-16-21-11(2)22-24-16)19-9-13(23)15-8-12-6-4-5-7-14(12)25-15;/h4-8,13,23H,3,9-10H2,1-2H3,(H2,18,19,20);1H. The van der Waals surface area contributed by atoms with E-state index < -0.39 is 6.10 Å². The predicted octanol–water partition coefficient (Wildman–Crippen LogP) is 3.00. The summed E-state index contributed by atoms with van der Waals surface area (Å²) >= 11 is 1.60. The molecule has 140 valence electrons. The van der Waals surface area contributed by atoms with Gasteiger partial charge in [-0.2, -0.15) is 4.98 Å². The summed E-state index contributed by atoms with van der Waals surface area (Å²) in [5, 5.41) is 21.6. The molecular formula is C17H22IN5O2S. The minimum atomic E-state index is -0.605. The van der Waals surface area contributed by atoms with Crippen LogP contribution in [-0.2, 0) is 6.54 Å². The molecule has 0 saturated carbocycles.